The van der Waals surface area contributed by atoms with E-state index in [0.29, 0.717) is 11.5 Å². The van der Waals surface area contributed by atoms with E-state index in [0.717, 1.165) is 19.3 Å². The van der Waals surface area contributed by atoms with Gasteiger partial charge in [-0.3, -0.25) is 11.3 Å². The molecule has 1 fully saturated rings. The van der Waals surface area contributed by atoms with E-state index in [2.05, 4.69) is 38.3 Å². The maximum absolute atomic E-state index is 11.6. The number of rotatable bonds is 5. The van der Waals surface area contributed by atoms with Gasteiger partial charge in [-0.25, -0.2) is 8.42 Å². The Hall–Kier alpha value is -0.910. The first kappa shape index (κ1) is 16.5. The molecule has 1 saturated heterocycles. The van der Waals surface area contributed by atoms with Crippen LogP contribution in [0.15, 0.2) is 12.1 Å². The van der Waals surface area contributed by atoms with Crippen LogP contribution in [-0.2, 0) is 16.3 Å². The second-order valence-electron chi connectivity index (χ2n) is 6.45. The molecule has 5 heteroatoms. The third-order valence-electron chi connectivity index (χ3n) is 4.47. The molecule has 118 valence electrons. The van der Waals surface area contributed by atoms with Crippen molar-refractivity contribution in [2.75, 3.05) is 11.5 Å². The molecular weight excluding hydrogens is 284 g/mol. The van der Waals surface area contributed by atoms with Gasteiger partial charge in [-0.05, 0) is 62.6 Å². The predicted molar refractivity (Wildman–Crippen MR) is 86.8 cm³/mol. The zero-order valence-electron chi connectivity index (χ0n) is 13.1. The molecule has 1 aromatic rings. The molecule has 4 nitrogen and oxygen atoms in total. The highest BCUT2D eigenvalue weighted by atomic mass is 32.2. The Morgan fingerprint density at radius 3 is 2.38 bits per heavy atom. The van der Waals surface area contributed by atoms with Crippen molar-refractivity contribution in [1.29, 1.82) is 0 Å². The molecule has 1 heterocycles. The van der Waals surface area contributed by atoms with Gasteiger partial charge in [-0.15, -0.1) is 0 Å². The van der Waals surface area contributed by atoms with Crippen LogP contribution in [0, 0.1) is 26.7 Å². The minimum Gasteiger partial charge on any atom is -0.271 e. The number of aryl methyl sites for hydroxylation is 3. The van der Waals surface area contributed by atoms with Crippen LogP contribution in [0.5, 0.6) is 0 Å². The van der Waals surface area contributed by atoms with Crippen LogP contribution < -0.4 is 11.3 Å². The van der Waals surface area contributed by atoms with Gasteiger partial charge in [0.05, 0.1) is 11.5 Å². The standard InChI is InChI=1S/C16H26N2O2S/c1-11-6-12(2)16(13(3)7-11)9-15(18-17)8-14-4-5-21(19,20)10-14/h6-7,14-15,18H,4-5,8-10,17H2,1-3H3. The van der Waals surface area contributed by atoms with E-state index in [1.54, 1.807) is 0 Å². The third kappa shape index (κ3) is 4.28. The molecular formula is C16H26N2O2S. The second kappa shape index (κ2) is 6.46. The fourth-order valence-corrected chi connectivity index (χ4v) is 5.33. The molecule has 21 heavy (non-hydrogen) atoms. The van der Waals surface area contributed by atoms with Crippen LogP contribution in [0.4, 0.5) is 0 Å². The van der Waals surface area contributed by atoms with Gasteiger partial charge in [0.2, 0.25) is 0 Å². The number of nitrogens with one attached hydrogen (secondary N) is 1. The largest absolute Gasteiger partial charge is 0.271 e. The zero-order valence-corrected chi connectivity index (χ0v) is 14.0. The summed E-state index contributed by atoms with van der Waals surface area (Å²) in [5.41, 5.74) is 8.04. The van der Waals surface area contributed by atoms with Crippen LogP contribution in [0.1, 0.15) is 35.1 Å². The molecule has 0 amide bonds. The summed E-state index contributed by atoms with van der Waals surface area (Å²) in [7, 11) is -2.81. The Bertz CT molecular complexity index is 588. The van der Waals surface area contributed by atoms with Crippen molar-refractivity contribution in [3.8, 4) is 0 Å². The Morgan fingerprint density at radius 1 is 1.29 bits per heavy atom. The summed E-state index contributed by atoms with van der Waals surface area (Å²) in [5.74, 6) is 6.58. The maximum Gasteiger partial charge on any atom is 0.150 e. The maximum atomic E-state index is 11.6. The van der Waals surface area contributed by atoms with Crippen molar-refractivity contribution in [3.63, 3.8) is 0 Å². The van der Waals surface area contributed by atoms with Gasteiger partial charge in [0, 0.05) is 6.04 Å². The SMILES string of the molecule is Cc1cc(C)c(CC(CC2CCS(=O)(=O)C2)NN)c(C)c1. The van der Waals surface area contributed by atoms with E-state index in [1.165, 1.54) is 22.3 Å². The van der Waals surface area contributed by atoms with E-state index >= 15 is 0 Å². The van der Waals surface area contributed by atoms with Crippen molar-refractivity contribution in [3.05, 3.63) is 34.4 Å². The van der Waals surface area contributed by atoms with Gasteiger partial charge in [0.15, 0.2) is 9.84 Å². The number of sulfone groups is 1. The predicted octanol–water partition coefficient (Wildman–Crippen LogP) is 1.81. The van der Waals surface area contributed by atoms with Crippen molar-refractivity contribution in [2.45, 2.75) is 46.1 Å². The first-order valence-corrected chi connectivity index (χ1v) is 9.36. The summed E-state index contributed by atoms with van der Waals surface area (Å²) in [4.78, 5) is 0. The van der Waals surface area contributed by atoms with Crippen LogP contribution in [0.25, 0.3) is 0 Å². The number of nitrogens with two attached hydrogens (primary N) is 1. The molecule has 2 rings (SSSR count). The molecule has 2 atom stereocenters. The van der Waals surface area contributed by atoms with E-state index in [4.69, 9.17) is 5.84 Å². The van der Waals surface area contributed by atoms with Gasteiger partial charge >= 0.3 is 0 Å². The summed E-state index contributed by atoms with van der Waals surface area (Å²) >= 11 is 0. The fourth-order valence-electron chi connectivity index (χ4n) is 3.45. The first-order chi connectivity index (χ1) is 9.80. The molecule has 0 radical (unpaired) electrons. The Balaban J connectivity index is 2.06. The monoisotopic (exact) mass is 310 g/mol. The summed E-state index contributed by atoms with van der Waals surface area (Å²) < 4.78 is 23.1. The quantitative estimate of drug-likeness (QED) is 0.643. The number of hydrogen-bond donors (Lipinski definition) is 2. The highest BCUT2D eigenvalue weighted by Gasteiger charge is 2.29. The van der Waals surface area contributed by atoms with Crippen molar-refractivity contribution in [1.82, 2.24) is 5.43 Å². The van der Waals surface area contributed by atoms with Gasteiger partial charge < -0.3 is 0 Å². The van der Waals surface area contributed by atoms with Gasteiger partial charge in [0.1, 0.15) is 0 Å². The van der Waals surface area contributed by atoms with E-state index in [1.807, 2.05) is 0 Å². The van der Waals surface area contributed by atoms with Crippen molar-refractivity contribution >= 4 is 9.84 Å². The Labute approximate surface area is 128 Å². The molecule has 1 aliphatic rings. The molecule has 3 N–H and O–H groups in total. The molecule has 0 spiro atoms. The average Bonchev–Trinajstić information content (AvgIpc) is 2.71. The minimum atomic E-state index is -2.81. The smallest absolute Gasteiger partial charge is 0.150 e. The van der Waals surface area contributed by atoms with E-state index < -0.39 is 9.84 Å². The third-order valence-corrected chi connectivity index (χ3v) is 6.31. The number of benzene rings is 1. The Kier molecular flexibility index (Phi) is 5.07. The molecule has 2 unspecified atom stereocenters. The lowest BCUT2D eigenvalue weighted by Crippen LogP contribution is -2.38. The van der Waals surface area contributed by atoms with E-state index in [9.17, 15) is 8.42 Å². The number of hydrazine groups is 1. The molecule has 0 aliphatic carbocycles. The van der Waals surface area contributed by atoms with Crippen molar-refractivity contribution in [2.24, 2.45) is 11.8 Å². The lowest BCUT2D eigenvalue weighted by Gasteiger charge is -2.21. The zero-order chi connectivity index (χ0) is 15.6. The molecule has 1 aromatic carbocycles. The van der Waals surface area contributed by atoms with Crippen LogP contribution in [-0.4, -0.2) is 26.0 Å². The molecule has 0 bridgehead atoms. The molecule has 0 saturated carbocycles. The van der Waals surface area contributed by atoms with Gasteiger partial charge in [0.25, 0.3) is 0 Å². The highest BCUT2D eigenvalue weighted by Crippen LogP contribution is 2.25. The Morgan fingerprint density at radius 2 is 1.90 bits per heavy atom. The van der Waals surface area contributed by atoms with Crippen molar-refractivity contribution < 1.29 is 8.42 Å². The number of hydrogen-bond acceptors (Lipinski definition) is 4. The van der Waals surface area contributed by atoms with E-state index in [-0.39, 0.29) is 12.0 Å². The summed E-state index contributed by atoms with van der Waals surface area (Å²) in [6, 6.07) is 4.51. The minimum absolute atomic E-state index is 0.128. The summed E-state index contributed by atoms with van der Waals surface area (Å²) in [6.45, 7) is 6.36. The summed E-state index contributed by atoms with van der Waals surface area (Å²) in [5, 5.41) is 0. The van der Waals surface area contributed by atoms with Crippen LogP contribution in [0.2, 0.25) is 0 Å². The van der Waals surface area contributed by atoms with Gasteiger partial charge in [-0.2, -0.15) is 0 Å². The molecule has 1 aliphatic heterocycles. The average molecular weight is 310 g/mol. The highest BCUT2D eigenvalue weighted by molar-refractivity contribution is 7.91. The normalized spacial score (nSPS) is 22.4. The molecule has 0 aromatic heterocycles. The second-order valence-corrected chi connectivity index (χ2v) is 8.68. The lowest BCUT2D eigenvalue weighted by molar-refractivity contribution is 0.407. The van der Waals surface area contributed by atoms with Crippen LogP contribution >= 0.6 is 0 Å². The first-order valence-electron chi connectivity index (χ1n) is 7.54. The fraction of sp³-hybridized carbons (Fsp3) is 0.625. The topological polar surface area (TPSA) is 72.2 Å². The van der Waals surface area contributed by atoms with Gasteiger partial charge in [-0.1, -0.05) is 17.7 Å². The summed E-state index contributed by atoms with van der Waals surface area (Å²) in [6.07, 6.45) is 2.44. The van der Waals surface area contributed by atoms with Crippen LogP contribution in [0.3, 0.4) is 0 Å². The lowest BCUT2D eigenvalue weighted by atomic mass is 9.90.